The van der Waals surface area contributed by atoms with Crippen molar-refractivity contribution in [2.75, 3.05) is 0 Å². The first-order valence-corrected chi connectivity index (χ1v) is 10.5. The van der Waals surface area contributed by atoms with Gasteiger partial charge in [0.15, 0.2) is 5.78 Å². The van der Waals surface area contributed by atoms with Gasteiger partial charge in [0.25, 0.3) is 0 Å². The third kappa shape index (κ3) is 3.10. The van der Waals surface area contributed by atoms with E-state index in [9.17, 15) is 14.7 Å². The molecule has 6 atom stereocenters. The second kappa shape index (κ2) is 6.58. The van der Waals surface area contributed by atoms with Crippen LogP contribution in [0, 0.1) is 28.6 Å². The second-order valence-corrected chi connectivity index (χ2v) is 10.2. The molecule has 2 fully saturated rings. The quantitative estimate of drug-likeness (QED) is 0.778. The van der Waals surface area contributed by atoms with Crippen molar-refractivity contribution < 1.29 is 14.7 Å². The Labute approximate surface area is 158 Å². The van der Waals surface area contributed by atoms with Gasteiger partial charge in [-0.15, -0.1) is 0 Å². The molecule has 146 valence electrons. The van der Waals surface area contributed by atoms with Crippen LogP contribution in [0.5, 0.6) is 0 Å². The van der Waals surface area contributed by atoms with E-state index >= 15 is 0 Å². The molecule has 3 aliphatic carbocycles. The SMILES string of the molecule is CCCC1C2CCC3=CC(=O)CCC3(C)C2C(C)(O)CC1(C)CC(C)=O. The van der Waals surface area contributed by atoms with Crippen molar-refractivity contribution in [3.63, 3.8) is 0 Å². The summed E-state index contributed by atoms with van der Waals surface area (Å²) < 4.78 is 0. The van der Waals surface area contributed by atoms with Crippen molar-refractivity contribution in [1.82, 2.24) is 0 Å². The van der Waals surface area contributed by atoms with E-state index in [-0.39, 0.29) is 28.3 Å². The number of hydrogen-bond donors (Lipinski definition) is 1. The van der Waals surface area contributed by atoms with Crippen LogP contribution >= 0.6 is 0 Å². The maximum absolute atomic E-state index is 12.0. The Morgan fingerprint density at radius 3 is 2.58 bits per heavy atom. The van der Waals surface area contributed by atoms with Crippen LogP contribution in [0.3, 0.4) is 0 Å². The van der Waals surface area contributed by atoms with Gasteiger partial charge in [0.05, 0.1) is 5.60 Å². The van der Waals surface area contributed by atoms with Crippen LogP contribution in [0.15, 0.2) is 11.6 Å². The normalized spacial score (nSPS) is 45.5. The molecule has 3 aliphatic rings. The first-order chi connectivity index (χ1) is 12.0. The molecular formula is C23H36O3. The molecule has 2 saturated carbocycles. The van der Waals surface area contributed by atoms with Gasteiger partial charge >= 0.3 is 0 Å². The summed E-state index contributed by atoms with van der Waals surface area (Å²) >= 11 is 0. The van der Waals surface area contributed by atoms with Gasteiger partial charge in [-0.05, 0) is 80.6 Å². The number of carbonyl (C=O) groups is 2. The molecule has 3 rings (SSSR count). The molecule has 1 N–H and O–H groups in total. The Bertz CT molecular complexity index is 631. The monoisotopic (exact) mass is 360 g/mol. The zero-order valence-electron chi connectivity index (χ0n) is 17.2. The molecule has 0 bridgehead atoms. The van der Waals surface area contributed by atoms with Crippen molar-refractivity contribution in [2.24, 2.45) is 28.6 Å². The van der Waals surface area contributed by atoms with Crippen LogP contribution in [0.1, 0.15) is 86.0 Å². The van der Waals surface area contributed by atoms with Crippen molar-refractivity contribution in [3.8, 4) is 0 Å². The second-order valence-electron chi connectivity index (χ2n) is 10.2. The molecule has 0 aromatic rings. The van der Waals surface area contributed by atoms with Crippen molar-refractivity contribution in [3.05, 3.63) is 11.6 Å². The Balaban J connectivity index is 2.06. The van der Waals surface area contributed by atoms with Gasteiger partial charge in [-0.25, -0.2) is 0 Å². The standard InChI is InChI=1S/C23H36O3/c1-6-7-19-18-9-8-16-12-17(25)10-11-22(16,4)20(18)23(5,26)14-21(19,3)13-15(2)24/h12,18-20,26H,6-11,13-14H2,1-5H3. The molecular weight excluding hydrogens is 324 g/mol. The number of ketones is 2. The molecule has 3 nitrogen and oxygen atoms in total. The number of carbonyl (C=O) groups excluding carboxylic acids is 2. The third-order valence-electron chi connectivity index (χ3n) is 7.92. The highest BCUT2D eigenvalue weighted by molar-refractivity contribution is 5.91. The Morgan fingerprint density at radius 2 is 1.96 bits per heavy atom. The minimum atomic E-state index is -0.798. The predicted octanol–water partition coefficient (Wildman–Crippen LogP) is 4.86. The van der Waals surface area contributed by atoms with E-state index in [1.165, 1.54) is 5.57 Å². The summed E-state index contributed by atoms with van der Waals surface area (Å²) in [6.45, 7) is 10.4. The zero-order valence-corrected chi connectivity index (χ0v) is 17.2. The number of allylic oxidation sites excluding steroid dienone is 2. The van der Waals surface area contributed by atoms with Crippen LogP contribution in [0.4, 0.5) is 0 Å². The van der Waals surface area contributed by atoms with Crippen LogP contribution in [-0.4, -0.2) is 22.3 Å². The molecule has 0 spiro atoms. The topological polar surface area (TPSA) is 54.4 Å². The van der Waals surface area contributed by atoms with Gasteiger partial charge in [-0.3, -0.25) is 4.79 Å². The summed E-state index contributed by atoms with van der Waals surface area (Å²) in [5.74, 6) is 1.56. The van der Waals surface area contributed by atoms with Crippen LogP contribution in [0.25, 0.3) is 0 Å². The first-order valence-electron chi connectivity index (χ1n) is 10.5. The summed E-state index contributed by atoms with van der Waals surface area (Å²) in [6, 6.07) is 0. The summed E-state index contributed by atoms with van der Waals surface area (Å²) in [6.07, 6.45) is 8.82. The number of rotatable bonds is 4. The average Bonchev–Trinajstić information content (AvgIpc) is 2.49. The summed E-state index contributed by atoms with van der Waals surface area (Å²) in [4.78, 5) is 24.0. The average molecular weight is 361 g/mol. The lowest BCUT2D eigenvalue weighted by Gasteiger charge is -2.64. The van der Waals surface area contributed by atoms with Crippen LogP contribution in [-0.2, 0) is 9.59 Å². The summed E-state index contributed by atoms with van der Waals surface area (Å²) in [7, 11) is 0. The first kappa shape index (κ1) is 19.8. The number of aliphatic hydroxyl groups is 1. The highest BCUT2D eigenvalue weighted by atomic mass is 16.3. The fourth-order valence-electron chi connectivity index (χ4n) is 7.44. The van der Waals surface area contributed by atoms with Gasteiger partial charge in [0.1, 0.15) is 5.78 Å². The molecule has 0 radical (unpaired) electrons. The largest absolute Gasteiger partial charge is 0.390 e. The zero-order chi connectivity index (χ0) is 19.3. The smallest absolute Gasteiger partial charge is 0.155 e. The van der Waals surface area contributed by atoms with Gasteiger partial charge in [-0.1, -0.05) is 32.8 Å². The number of fused-ring (bicyclic) bond motifs is 3. The highest BCUT2D eigenvalue weighted by Gasteiger charge is 2.62. The number of hydrogen-bond acceptors (Lipinski definition) is 3. The molecule has 0 aromatic carbocycles. The number of Topliss-reactive ketones (excluding diaryl/α,β-unsaturated/α-hetero) is 1. The van der Waals surface area contributed by atoms with E-state index in [4.69, 9.17) is 0 Å². The van der Waals surface area contributed by atoms with E-state index in [2.05, 4.69) is 20.8 Å². The van der Waals surface area contributed by atoms with Gasteiger partial charge in [0, 0.05) is 12.8 Å². The van der Waals surface area contributed by atoms with Gasteiger partial charge in [-0.2, -0.15) is 0 Å². The van der Waals surface area contributed by atoms with E-state index in [1.807, 2.05) is 13.0 Å². The Hall–Kier alpha value is -0.960. The van der Waals surface area contributed by atoms with Crippen LogP contribution < -0.4 is 0 Å². The van der Waals surface area contributed by atoms with E-state index in [0.29, 0.717) is 31.1 Å². The van der Waals surface area contributed by atoms with Crippen molar-refractivity contribution in [2.45, 2.75) is 91.6 Å². The summed E-state index contributed by atoms with van der Waals surface area (Å²) in [5, 5.41) is 11.7. The fourth-order valence-corrected chi connectivity index (χ4v) is 7.44. The van der Waals surface area contributed by atoms with Gasteiger partial charge in [0.2, 0.25) is 0 Å². The molecule has 0 saturated heterocycles. The minimum Gasteiger partial charge on any atom is -0.390 e. The van der Waals surface area contributed by atoms with E-state index in [0.717, 1.165) is 32.1 Å². The molecule has 0 aromatic heterocycles. The third-order valence-corrected chi connectivity index (χ3v) is 7.92. The molecule has 0 aliphatic heterocycles. The molecule has 6 unspecified atom stereocenters. The van der Waals surface area contributed by atoms with E-state index < -0.39 is 5.60 Å². The molecule has 26 heavy (non-hydrogen) atoms. The maximum Gasteiger partial charge on any atom is 0.155 e. The van der Waals surface area contributed by atoms with Gasteiger partial charge < -0.3 is 9.90 Å². The minimum absolute atomic E-state index is 0.0795. The molecule has 0 heterocycles. The highest BCUT2D eigenvalue weighted by Crippen LogP contribution is 2.65. The summed E-state index contributed by atoms with van der Waals surface area (Å²) in [5.41, 5.74) is 0.257. The molecule has 3 heteroatoms. The lowest BCUT2D eigenvalue weighted by molar-refractivity contribution is -0.186. The molecule has 0 amide bonds. The lowest BCUT2D eigenvalue weighted by Crippen LogP contribution is -2.62. The fraction of sp³-hybridized carbons (Fsp3) is 0.826. The Kier molecular flexibility index (Phi) is 5.01. The maximum atomic E-state index is 12.0. The predicted molar refractivity (Wildman–Crippen MR) is 104 cm³/mol. The van der Waals surface area contributed by atoms with Crippen molar-refractivity contribution >= 4 is 11.6 Å². The van der Waals surface area contributed by atoms with Crippen LogP contribution in [0.2, 0.25) is 0 Å². The van der Waals surface area contributed by atoms with E-state index in [1.54, 1.807) is 6.92 Å². The lowest BCUT2D eigenvalue weighted by atomic mass is 9.42. The van der Waals surface area contributed by atoms with Crippen molar-refractivity contribution in [1.29, 1.82) is 0 Å². The Morgan fingerprint density at radius 1 is 1.27 bits per heavy atom.